The first-order valence-corrected chi connectivity index (χ1v) is 5.85. The normalized spacial score (nSPS) is 13.7. The molecule has 0 atom stereocenters. The Hall–Kier alpha value is -2.37. The molecule has 0 aromatic heterocycles. The molecule has 0 aliphatic carbocycles. The van der Waals surface area contributed by atoms with Crippen molar-refractivity contribution in [3.8, 4) is 5.75 Å². The molecule has 0 bridgehead atoms. The minimum Gasteiger partial charge on any atom is -0.482 e. The van der Waals surface area contributed by atoms with Gasteiger partial charge in [0, 0.05) is 18.5 Å². The zero-order valence-electron chi connectivity index (χ0n) is 10.5. The summed E-state index contributed by atoms with van der Waals surface area (Å²) in [5.41, 5.74) is 6.08. The van der Waals surface area contributed by atoms with Crippen LogP contribution < -0.4 is 15.4 Å². The number of hydrogen-bond donors (Lipinski definition) is 1. The van der Waals surface area contributed by atoms with Gasteiger partial charge >= 0.3 is 0 Å². The summed E-state index contributed by atoms with van der Waals surface area (Å²) in [5.74, 6) is -0.317. The molecule has 6 nitrogen and oxygen atoms in total. The van der Waals surface area contributed by atoms with Crippen molar-refractivity contribution in [2.24, 2.45) is 5.73 Å². The van der Waals surface area contributed by atoms with E-state index in [4.69, 9.17) is 10.5 Å². The lowest BCUT2D eigenvalue weighted by Gasteiger charge is -2.29. The van der Waals surface area contributed by atoms with E-state index in [1.54, 1.807) is 18.2 Å². The van der Waals surface area contributed by atoms with E-state index in [-0.39, 0.29) is 31.3 Å². The highest BCUT2D eigenvalue weighted by atomic mass is 16.5. The van der Waals surface area contributed by atoms with Crippen molar-refractivity contribution < 1.29 is 19.1 Å². The maximum atomic E-state index is 11.8. The summed E-state index contributed by atoms with van der Waals surface area (Å²) in [6, 6.07) is 4.88. The van der Waals surface area contributed by atoms with Crippen LogP contribution in [-0.2, 0) is 9.59 Å². The molecular formula is C13H14N2O4. The van der Waals surface area contributed by atoms with E-state index in [1.165, 1.54) is 11.8 Å². The van der Waals surface area contributed by atoms with Gasteiger partial charge in [0.05, 0.1) is 5.69 Å². The average molecular weight is 262 g/mol. The second-order valence-corrected chi connectivity index (χ2v) is 4.29. The van der Waals surface area contributed by atoms with Crippen LogP contribution in [0.2, 0.25) is 0 Å². The largest absolute Gasteiger partial charge is 0.482 e. The molecule has 1 aromatic carbocycles. The molecule has 6 heteroatoms. The van der Waals surface area contributed by atoms with Crippen molar-refractivity contribution in [2.75, 3.05) is 18.1 Å². The van der Waals surface area contributed by atoms with Crippen LogP contribution in [0.5, 0.6) is 5.75 Å². The Morgan fingerprint density at radius 3 is 2.79 bits per heavy atom. The number of hydrogen-bond acceptors (Lipinski definition) is 4. The molecular weight excluding hydrogens is 248 g/mol. The first-order valence-electron chi connectivity index (χ1n) is 5.85. The quantitative estimate of drug-likeness (QED) is 0.799. The van der Waals surface area contributed by atoms with Gasteiger partial charge in [-0.05, 0) is 25.1 Å². The molecule has 0 unspecified atom stereocenters. The number of benzene rings is 1. The number of primary amides is 1. The molecule has 1 aliphatic rings. The summed E-state index contributed by atoms with van der Waals surface area (Å²) in [4.78, 5) is 35.4. The summed E-state index contributed by atoms with van der Waals surface area (Å²) in [6.07, 6.45) is 0.0650. The molecule has 0 saturated heterocycles. The fourth-order valence-corrected chi connectivity index (χ4v) is 1.89. The number of ether oxygens (including phenoxy) is 1. The van der Waals surface area contributed by atoms with Crippen LogP contribution >= 0.6 is 0 Å². The van der Waals surface area contributed by atoms with Crippen LogP contribution in [0.3, 0.4) is 0 Å². The van der Waals surface area contributed by atoms with Crippen molar-refractivity contribution in [1.29, 1.82) is 0 Å². The topological polar surface area (TPSA) is 89.7 Å². The van der Waals surface area contributed by atoms with Crippen LogP contribution in [0, 0.1) is 0 Å². The predicted octanol–water partition coefficient (Wildman–Crippen LogP) is 0.490. The highest BCUT2D eigenvalue weighted by molar-refractivity contribution is 6.01. The Balaban J connectivity index is 2.35. The van der Waals surface area contributed by atoms with Crippen LogP contribution in [-0.4, -0.2) is 30.7 Å². The first-order chi connectivity index (χ1) is 8.99. The Kier molecular flexibility index (Phi) is 3.50. The zero-order chi connectivity index (χ0) is 14.0. The summed E-state index contributed by atoms with van der Waals surface area (Å²) >= 11 is 0. The highest BCUT2D eigenvalue weighted by Crippen LogP contribution is 2.33. The first kappa shape index (κ1) is 13.1. The maximum Gasteiger partial charge on any atom is 0.265 e. The molecule has 100 valence electrons. The molecule has 0 spiro atoms. The minimum atomic E-state index is -0.483. The van der Waals surface area contributed by atoms with Crippen LogP contribution in [0.4, 0.5) is 5.69 Å². The predicted molar refractivity (Wildman–Crippen MR) is 68.1 cm³/mol. The molecule has 0 radical (unpaired) electrons. The van der Waals surface area contributed by atoms with Crippen molar-refractivity contribution in [2.45, 2.75) is 13.3 Å². The lowest BCUT2D eigenvalue weighted by atomic mass is 10.1. The number of nitrogens with zero attached hydrogens (tertiary/aromatic N) is 1. The Labute approximate surface area is 110 Å². The second kappa shape index (κ2) is 5.09. The number of nitrogens with two attached hydrogens (primary N) is 1. The second-order valence-electron chi connectivity index (χ2n) is 4.29. The van der Waals surface area contributed by atoms with E-state index in [1.807, 2.05) is 0 Å². The Morgan fingerprint density at radius 2 is 2.16 bits per heavy atom. The van der Waals surface area contributed by atoms with Gasteiger partial charge in [0.25, 0.3) is 5.91 Å². The van der Waals surface area contributed by atoms with Gasteiger partial charge in [-0.2, -0.15) is 0 Å². The summed E-state index contributed by atoms with van der Waals surface area (Å²) in [5, 5.41) is 0. The number of carbonyl (C=O) groups is 3. The van der Waals surface area contributed by atoms with Gasteiger partial charge in [0.2, 0.25) is 5.91 Å². The van der Waals surface area contributed by atoms with Crippen molar-refractivity contribution in [3.05, 3.63) is 23.8 Å². The Bertz CT molecular complexity index is 554. The molecule has 1 aromatic rings. The molecule has 19 heavy (non-hydrogen) atoms. The number of rotatable bonds is 4. The number of amides is 2. The third-order valence-corrected chi connectivity index (χ3v) is 2.89. The number of anilines is 1. The number of ketones is 1. The van der Waals surface area contributed by atoms with E-state index in [9.17, 15) is 14.4 Å². The van der Waals surface area contributed by atoms with Gasteiger partial charge in [0.15, 0.2) is 12.4 Å². The highest BCUT2D eigenvalue weighted by Gasteiger charge is 2.26. The van der Waals surface area contributed by atoms with E-state index < -0.39 is 5.91 Å². The summed E-state index contributed by atoms with van der Waals surface area (Å²) < 4.78 is 5.29. The average Bonchev–Trinajstić information content (AvgIpc) is 2.36. The fraction of sp³-hybridized carbons (Fsp3) is 0.308. The SMILES string of the molecule is CC(=O)c1ccc2c(c1)N(CCC(N)=O)C(=O)CO2. The monoisotopic (exact) mass is 262 g/mol. The van der Waals surface area contributed by atoms with Gasteiger partial charge < -0.3 is 15.4 Å². The van der Waals surface area contributed by atoms with Crippen molar-refractivity contribution in [1.82, 2.24) is 0 Å². The molecule has 2 N–H and O–H groups in total. The number of Topliss-reactive ketones (excluding diaryl/α,β-unsaturated/α-hetero) is 1. The lowest BCUT2D eigenvalue weighted by molar-refractivity contribution is -0.121. The fourth-order valence-electron chi connectivity index (χ4n) is 1.89. The standard InChI is InChI=1S/C13H14N2O4/c1-8(16)9-2-3-11-10(6-9)15(5-4-12(14)17)13(18)7-19-11/h2-3,6H,4-5,7H2,1H3,(H2,14,17). The molecule has 0 fully saturated rings. The van der Waals surface area contributed by atoms with E-state index >= 15 is 0 Å². The molecule has 1 heterocycles. The van der Waals surface area contributed by atoms with Crippen molar-refractivity contribution >= 4 is 23.3 Å². The van der Waals surface area contributed by atoms with E-state index in [0.29, 0.717) is 17.0 Å². The van der Waals surface area contributed by atoms with Gasteiger partial charge in [-0.15, -0.1) is 0 Å². The van der Waals surface area contributed by atoms with Crippen molar-refractivity contribution in [3.63, 3.8) is 0 Å². The summed E-state index contributed by atoms with van der Waals surface area (Å²) in [6.45, 7) is 1.55. The van der Waals surface area contributed by atoms with Gasteiger partial charge in [-0.1, -0.05) is 0 Å². The number of fused-ring (bicyclic) bond motifs is 1. The third-order valence-electron chi connectivity index (χ3n) is 2.89. The van der Waals surface area contributed by atoms with Crippen LogP contribution in [0.25, 0.3) is 0 Å². The third kappa shape index (κ3) is 2.73. The van der Waals surface area contributed by atoms with E-state index in [0.717, 1.165) is 0 Å². The van der Waals surface area contributed by atoms with Crippen LogP contribution in [0.15, 0.2) is 18.2 Å². The minimum absolute atomic E-state index is 0.0650. The van der Waals surface area contributed by atoms with Crippen LogP contribution in [0.1, 0.15) is 23.7 Å². The molecule has 1 aliphatic heterocycles. The smallest absolute Gasteiger partial charge is 0.265 e. The number of carbonyl (C=O) groups excluding carboxylic acids is 3. The molecule has 0 saturated carbocycles. The van der Waals surface area contributed by atoms with Gasteiger partial charge in [-0.25, -0.2) is 0 Å². The zero-order valence-corrected chi connectivity index (χ0v) is 10.5. The van der Waals surface area contributed by atoms with Gasteiger partial charge in [-0.3, -0.25) is 14.4 Å². The molecule has 2 amide bonds. The lowest BCUT2D eigenvalue weighted by Crippen LogP contribution is -2.40. The Morgan fingerprint density at radius 1 is 1.42 bits per heavy atom. The molecule has 2 rings (SSSR count). The summed E-state index contributed by atoms with van der Waals surface area (Å²) in [7, 11) is 0. The maximum absolute atomic E-state index is 11.8. The van der Waals surface area contributed by atoms with E-state index in [2.05, 4.69) is 0 Å². The van der Waals surface area contributed by atoms with Gasteiger partial charge in [0.1, 0.15) is 5.75 Å².